The first kappa shape index (κ1) is 11.4. The summed E-state index contributed by atoms with van der Waals surface area (Å²) < 4.78 is 19.1. The molecule has 0 amide bonds. The predicted octanol–water partition coefficient (Wildman–Crippen LogP) is 2.68. The van der Waals surface area contributed by atoms with Crippen LogP contribution in [0, 0.1) is 11.7 Å². The maximum Gasteiger partial charge on any atom is 0.165 e. The van der Waals surface area contributed by atoms with Crippen LogP contribution in [-0.2, 0) is 0 Å². The molecule has 2 N–H and O–H groups in total. The highest BCUT2D eigenvalue weighted by atomic mass is 19.1. The van der Waals surface area contributed by atoms with Crippen molar-refractivity contribution < 1.29 is 9.13 Å². The Morgan fingerprint density at radius 1 is 1.56 bits per heavy atom. The lowest BCUT2D eigenvalue weighted by molar-refractivity contribution is 0.300. The van der Waals surface area contributed by atoms with Crippen molar-refractivity contribution in [1.29, 1.82) is 0 Å². The molecule has 0 aromatic heterocycles. The number of hydrogen-bond donors (Lipinski definition) is 1. The summed E-state index contributed by atoms with van der Waals surface area (Å²) >= 11 is 0. The van der Waals surface area contributed by atoms with E-state index in [9.17, 15) is 4.39 Å². The highest BCUT2D eigenvalue weighted by Gasteiger charge is 2.25. The molecule has 2 atom stereocenters. The van der Waals surface area contributed by atoms with Gasteiger partial charge < -0.3 is 10.5 Å². The van der Waals surface area contributed by atoms with E-state index >= 15 is 0 Å². The van der Waals surface area contributed by atoms with Crippen molar-refractivity contribution >= 4 is 0 Å². The van der Waals surface area contributed by atoms with Crippen LogP contribution in [0.25, 0.3) is 0 Å². The molecule has 1 aliphatic heterocycles. The zero-order valence-electron chi connectivity index (χ0n) is 9.58. The average Bonchev–Trinajstić information content (AvgIpc) is 2.51. The number of halogens is 1. The van der Waals surface area contributed by atoms with Gasteiger partial charge in [-0.3, -0.25) is 0 Å². The number of rotatable bonds is 2. The van der Waals surface area contributed by atoms with Gasteiger partial charge in [-0.15, -0.1) is 0 Å². The summed E-state index contributed by atoms with van der Waals surface area (Å²) in [6.45, 7) is 3.34. The normalized spacial score (nSPS) is 21.8. The van der Waals surface area contributed by atoms with Crippen LogP contribution < -0.4 is 10.5 Å². The zero-order valence-corrected chi connectivity index (χ0v) is 9.58. The number of nitrogens with two attached hydrogens (primary N) is 1. The molecule has 0 fully saturated rings. The molecule has 1 aromatic rings. The van der Waals surface area contributed by atoms with Crippen LogP contribution in [-0.4, -0.2) is 13.2 Å². The largest absolute Gasteiger partial charge is 0.490 e. The van der Waals surface area contributed by atoms with E-state index in [0.29, 0.717) is 30.7 Å². The Kier molecular flexibility index (Phi) is 3.44. The molecule has 0 bridgehead atoms. The Bertz CT molecular complexity index is 367. The lowest BCUT2D eigenvalue weighted by Gasteiger charge is -2.22. The molecule has 2 unspecified atom stereocenters. The van der Waals surface area contributed by atoms with Gasteiger partial charge in [-0.25, -0.2) is 4.39 Å². The Morgan fingerprint density at radius 3 is 3.12 bits per heavy atom. The van der Waals surface area contributed by atoms with E-state index in [0.717, 1.165) is 18.4 Å². The van der Waals surface area contributed by atoms with Crippen LogP contribution in [0.3, 0.4) is 0 Å². The van der Waals surface area contributed by atoms with Gasteiger partial charge in [-0.1, -0.05) is 19.1 Å². The van der Waals surface area contributed by atoms with E-state index in [1.165, 1.54) is 6.07 Å². The van der Waals surface area contributed by atoms with Gasteiger partial charge in [0.25, 0.3) is 0 Å². The molecule has 0 saturated carbocycles. The third-order valence-corrected chi connectivity index (χ3v) is 3.36. The second-order valence-electron chi connectivity index (χ2n) is 4.47. The van der Waals surface area contributed by atoms with E-state index in [2.05, 4.69) is 6.92 Å². The summed E-state index contributed by atoms with van der Waals surface area (Å²) in [5.41, 5.74) is 6.70. The quantitative estimate of drug-likeness (QED) is 0.836. The molecule has 0 spiro atoms. The molecule has 88 valence electrons. The molecule has 0 saturated heterocycles. The summed E-state index contributed by atoms with van der Waals surface area (Å²) in [5, 5.41) is 0. The van der Waals surface area contributed by atoms with Gasteiger partial charge in [0.1, 0.15) is 0 Å². The van der Waals surface area contributed by atoms with Crippen molar-refractivity contribution in [1.82, 2.24) is 0 Å². The molecule has 1 aliphatic rings. The Balaban J connectivity index is 2.40. The fraction of sp³-hybridized carbons (Fsp3) is 0.538. The average molecular weight is 223 g/mol. The van der Waals surface area contributed by atoms with Crippen LogP contribution in [0.4, 0.5) is 4.39 Å². The second kappa shape index (κ2) is 4.83. The summed E-state index contributed by atoms with van der Waals surface area (Å²) in [7, 11) is 0. The minimum absolute atomic E-state index is 0.256. The van der Waals surface area contributed by atoms with Crippen LogP contribution in [0.1, 0.15) is 31.2 Å². The van der Waals surface area contributed by atoms with Crippen LogP contribution in [0.5, 0.6) is 5.75 Å². The van der Waals surface area contributed by atoms with Gasteiger partial charge in [0, 0.05) is 5.56 Å². The topological polar surface area (TPSA) is 35.2 Å². The van der Waals surface area contributed by atoms with Gasteiger partial charge in [0.05, 0.1) is 6.61 Å². The Labute approximate surface area is 95.6 Å². The lowest BCUT2D eigenvalue weighted by atomic mass is 9.84. The maximum absolute atomic E-state index is 13.6. The van der Waals surface area contributed by atoms with Crippen molar-refractivity contribution in [3.8, 4) is 5.75 Å². The fourth-order valence-electron chi connectivity index (χ4n) is 2.36. The standard InChI is InChI=1S/C13H18FNO/c1-9(8-15)10-5-3-7-16-13-11(10)4-2-6-12(13)14/h2,4,6,9-10H,3,5,7-8,15H2,1H3. The summed E-state index contributed by atoms with van der Waals surface area (Å²) in [5.74, 6) is 0.861. The van der Waals surface area contributed by atoms with Crippen molar-refractivity contribution in [2.45, 2.75) is 25.7 Å². The van der Waals surface area contributed by atoms with E-state index in [1.807, 2.05) is 6.07 Å². The van der Waals surface area contributed by atoms with Gasteiger partial charge >= 0.3 is 0 Å². The Hall–Kier alpha value is -1.09. The van der Waals surface area contributed by atoms with Crippen LogP contribution >= 0.6 is 0 Å². The molecule has 0 aliphatic carbocycles. The molecule has 16 heavy (non-hydrogen) atoms. The molecule has 3 heteroatoms. The van der Waals surface area contributed by atoms with Crippen LogP contribution in [0.15, 0.2) is 18.2 Å². The van der Waals surface area contributed by atoms with E-state index < -0.39 is 0 Å². The second-order valence-corrected chi connectivity index (χ2v) is 4.47. The molecule has 0 radical (unpaired) electrons. The minimum atomic E-state index is -0.256. The van der Waals surface area contributed by atoms with Crippen molar-refractivity contribution in [2.24, 2.45) is 11.7 Å². The number of hydrogen-bond acceptors (Lipinski definition) is 2. The molecular weight excluding hydrogens is 205 g/mol. The smallest absolute Gasteiger partial charge is 0.165 e. The maximum atomic E-state index is 13.6. The predicted molar refractivity (Wildman–Crippen MR) is 62.1 cm³/mol. The first-order valence-electron chi connectivity index (χ1n) is 5.85. The van der Waals surface area contributed by atoms with E-state index in [4.69, 9.17) is 10.5 Å². The lowest BCUT2D eigenvalue weighted by Crippen LogP contribution is -2.19. The molecular formula is C13H18FNO. The molecule has 1 heterocycles. The number of ether oxygens (including phenoxy) is 1. The van der Waals surface area contributed by atoms with E-state index in [1.54, 1.807) is 6.07 Å². The van der Waals surface area contributed by atoms with Gasteiger partial charge in [-0.2, -0.15) is 0 Å². The van der Waals surface area contributed by atoms with Crippen LogP contribution in [0.2, 0.25) is 0 Å². The summed E-state index contributed by atoms with van der Waals surface area (Å²) in [4.78, 5) is 0. The van der Waals surface area contributed by atoms with Gasteiger partial charge in [0.15, 0.2) is 11.6 Å². The number of benzene rings is 1. The molecule has 2 rings (SSSR count). The third-order valence-electron chi connectivity index (χ3n) is 3.36. The number of fused-ring (bicyclic) bond motifs is 1. The zero-order chi connectivity index (χ0) is 11.5. The first-order chi connectivity index (χ1) is 7.74. The van der Waals surface area contributed by atoms with Crippen molar-refractivity contribution in [3.05, 3.63) is 29.6 Å². The molecule has 2 nitrogen and oxygen atoms in total. The SMILES string of the molecule is CC(CN)C1CCCOc2c(F)cccc21. The van der Waals surface area contributed by atoms with Gasteiger partial charge in [0.2, 0.25) is 0 Å². The highest BCUT2D eigenvalue weighted by molar-refractivity contribution is 5.38. The highest BCUT2D eigenvalue weighted by Crippen LogP contribution is 2.38. The minimum Gasteiger partial charge on any atom is -0.490 e. The summed E-state index contributed by atoms with van der Waals surface area (Å²) in [6, 6.07) is 5.16. The Morgan fingerprint density at radius 2 is 2.38 bits per heavy atom. The fourth-order valence-corrected chi connectivity index (χ4v) is 2.36. The van der Waals surface area contributed by atoms with Crippen molar-refractivity contribution in [3.63, 3.8) is 0 Å². The first-order valence-corrected chi connectivity index (χ1v) is 5.85. The van der Waals surface area contributed by atoms with Crippen molar-refractivity contribution in [2.75, 3.05) is 13.2 Å². The number of para-hydroxylation sites is 1. The van der Waals surface area contributed by atoms with E-state index in [-0.39, 0.29) is 5.82 Å². The third kappa shape index (κ3) is 2.05. The van der Waals surface area contributed by atoms with Gasteiger partial charge in [-0.05, 0) is 37.3 Å². The monoisotopic (exact) mass is 223 g/mol. The molecule has 1 aromatic carbocycles. The summed E-state index contributed by atoms with van der Waals surface area (Å²) in [6.07, 6.45) is 1.98.